The summed E-state index contributed by atoms with van der Waals surface area (Å²) in [6.07, 6.45) is -2.24. The maximum atomic E-state index is 13.7. The average Bonchev–Trinajstić information content (AvgIpc) is 3.23. The molecule has 6 nitrogen and oxygen atoms in total. The fourth-order valence-corrected chi connectivity index (χ4v) is 4.80. The summed E-state index contributed by atoms with van der Waals surface area (Å²) in [6.45, 7) is 2.89. The number of nitrogens with zero attached hydrogens (tertiary/aromatic N) is 1. The van der Waals surface area contributed by atoms with Crippen molar-refractivity contribution in [3.8, 4) is 5.75 Å². The summed E-state index contributed by atoms with van der Waals surface area (Å²) in [6, 6.07) is 6.20. The van der Waals surface area contributed by atoms with Gasteiger partial charge in [-0.2, -0.15) is 18.3 Å². The number of halogens is 3. The summed E-state index contributed by atoms with van der Waals surface area (Å²) < 4.78 is 46.0. The molecule has 2 aliphatic rings. The third kappa shape index (κ3) is 3.19. The predicted molar refractivity (Wildman–Crippen MR) is 110 cm³/mol. The first-order valence-electron chi connectivity index (χ1n) is 10.3. The number of ether oxygens (including phenoxy) is 1. The molecule has 32 heavy (non-hydrogen) atoms. The lowest BCUT2D eigenvalue weighted by Crippen LogP contribution is -2.58. The van der Waals surface area contributed by atoms with E-state index in [2.05, 4.69) is 15.5 Å². The summed E-state index contributed by atoms with van der Waals surface area (Å²) in [4.78, 5) is 27.3. The zero-order chi connectivity index (χ0) is 22.7. The summed E-state index contributed by atoms with van der Waals surface area (Å²) in [5.41, 5.74) is -0.381. The molecular weight excluding hydrogens is 423 g/mol. The van der Waals surface area contributed by atoms with Gasteiger partial charge in [0.15, 0.2) is 11.6 Å². The number of carbonyl (C=O) groups excluding carboxylic acids is 2. The summed E-state index contributed by atoms with van der Waals surface area (Å²) in [5, 5.41) is 10.8. The number of carbonyl (C=O) groups is 2. The van der Waals surface area contributed by atoms with E-state index in [0.717, 1.165) is 28.6 Å². The zero-order valence-electron chi connectivity index (χ0n) is 17.2. The second kappa shape index (κ2) is 7.16. The average molecular weight is 443 g/mol. The summed E-state index contributed by atoms with van der Waals surface area (Å²) >= 11 is 0. The van der Waals surface area contributed by atoms with E-state index in [9.17, 15) is 22.8 Å². The molecule has 3 aromatic rings. The molecule has 1 atom stereocenters. The molecule has 1 saturated heterocycles. The maximum absolute atomic E-state index is 13.7. The Morgan fingerprint density at radius 2 is 1.94 bits per heavy atom. The molecule has 2 aromatic carbocycles. The van der Waals surface area contributed by atoms with E-state index in [4.69, 9.17) is 4.74 Å². The Bertz CT molecular complexity index is 1240. The van der Waals surface area contributed by atoms with Crippen LogP contribution in [-0.4, -0.2) is 40.5 Å². The Kier molecular flexibility index (Phi) is 4.63. The van der Waals surface area contributed by atoms with Gasteiger partial charge in [0.1, 0.15) is 17.3 Å². The first-order chi connectivity index (χ1) is 15.2. The summed E-state index contributed by atoms with van der Waals surface area (Å²) in [5.74, 6) is -2.22. The molecule has 0 aliphatic carbocycles. The van der Waals surface area contributed by atoms with Crippen LogP contribution in [-0.2, 0) is 6.18 Å². The minimum absolute atomic E-state index is 0.0930. The largest absolute Gasteiger partial charge is 0.485 e. The Morgan fingerprint density at radius 1 is 1.19 bits per heavy atom. The molecule has 166 valence electrons. The predicted octanol–water partition coefficient (Wildman–Crippen LogP) is 4.09. The van der Waals surface area contributed by atoms with Gasteiger partial charge in [0, 0.05) is 23.8 Å². The second-order valence-corrected chi connectivity index (χ2v) is 8.41. The minimum Gasteiger partial charge on any atom is -0.485 e. The number of benzene rings is 2. The van der Waals surface area contributed by atoms with E-state index in [0.29, 0.717) is 31.5 Å². The van der Waals surface area contributed by atoms with Gasteiger partial charge in [0.2, 0.25) is 0 Å². The van der Waals surface area contributed by atoms with Gasteiger partial charge in [-0.1, -0.05) is 0 Å². The molecule has 2 aliphatic heterocycles. The number of aromatic amines is 1. The van der Waals surface area contributed by atoms with Crippen molar-refractivity contribution in [1.82, 2.24) is 15.5 Å². The Hall–Kier alpha value is -3.20. The zero-order valence-corrected chi connectivity index (χ0v) is 17.2. The van der Waals surface area contributed by atoms with E-state index in [1.165, 1.54) is 6.07 Å². The van der Waals surface area contributed by atoms with Crippen molar-refractivity contribution in [2.75, 3.05) is 13.1 Å². The lowest BCUT2D eigenvalue weighted by Gasteiger charge is -2.45. The minimum atomic E-state index is -4.61. The van der Waals surface area contributed by atoms with Gasteiger partial charge in [-0.05, 0) is 55.9 Å². The van der Waals surface area contributed by atoms with Crippen LogP contribution in [0.3, 0.4) is 0 Å². The summed E-state index contributed by atoms with van der Waals surface area (Å²) in [7, 11) is 0. The number of Topliss-reactive ketones (excluding diaryl/α,β-unsaturated/α-hetero) is 2. The fraction of sp³-hybridized carbons (Fsp3) is 0.348. The van der Waals surface area contributed by atoms with Crippen LogP contribution in [0.25, 0.3) is 10.9 Å². The maximum Gasteiger partial charge on any atom is 0.416 e. The lowest BCUT2D eigenvalue weighted by molar-refractivity contribution is -0.137. The van der Waals surface area contributed by atoms with Crippen molar-refractivity contribution in [1.29, 1.82) is 0 Å². The molecule has 1 fully saturated rings. The number of rotatable bonds is 2. The quantitative estimate of drug-likeness (QED) is 0.461. The van der Waals surface area contributed by atoms with Crippen LogP contribution in [0.5, 0.6) is 5.75 Å². The van der Waals surface area contributed by atoms with Gasteiger partial charge < -0.3 is 10.1 Å². The monoisotopic (exact) mass is 443 g/mol. The number of alkyl halides is 3. The van der Waals surface area contributed by atoms with Crippen molar-refractivity contribution >= 4 is 22.5 Å². The number of fused-ring (bicyclic) bond motifs is 2. The smallest absolute Gasteiger partial charge is 0.416 e. The SMILES string of the molecule is Cc1cc(C(=O)C2C(=O)c3cc(C(F)(F)F)ccc3OC23CCNCC3)cc2cn[nH]c12. The molecule has 1 spiro atoms. The molecule has 2 N–H and O–H groups in total. The third-order valence-corrected chi connectivity index (χ3v) is 6.42. The Morgan fingerprint density at radius 3 is 2.66 bits per heavy atom. The standard InChI is InChI=1S/C23H20F3N3O3/c1-12-8-13(9-14-11-28-29-19(12)14)20(30)18-21(31)16-10-15(23(24,25)26)2-3-17(16)32-22(18)4-6-27-7-5-22/h2-3,8-11,18,27H,4-7H2,1H3,(H,28,29). The number of hydrogen-bond acceptors (Lipinski definition) is 5. The highest BCUT2D eigenvalue weighted by Crippen LogP contribution is 2.45. The Labute approximate surface area is 181 Å². The first-order valence-corrected chi connectivity index (χ1v) is 10.3. The van der Waals surface area contributed by atoms with E-state index < -0.39 is 34.8 Å². The number of H-pyrrole nitrogens is 1. The van der Waals surface area contributed by atoms with Gasteiger partial charge in [-0.25, -0.2) is 0 Å². The molecule has 0 amide bonds. The van der Waals surface area contributed by atoms with E-state index in [1.54, 1.807) is 18.3 Å². The Balaban J connectivity index is 1.64. The van der Waals surface area contributed by atoms with Crippen LogP contribution in [0.2, 0.25) is 0 Å². The molecule has 3 heterocycles. The van der Waals surface area contributed by atoms with Crippen molar-refractivity contribution in [2.24, 2.45) is 5.92 Å². The first kappa shape index (κ1) is 20.7. The molecule has 5 rings (SSSR count). The molecular formula is C23H20F3N3O3. The number of aryl methyl sites for hydroxylation is 1. The molecule has 0 radical (unpaired) electrons. The fourth-order valence-electron chi connectivity index (χ4n) is 4.80. The van der Waals surface area contributed by atoms with Crippen LogP contribution in [0.4, 0.5) is 13.2 Å². The highest BCUT2D eigenvalue weighted by atomic mass is 19.4. The van der Waals surface area contributed by atoms with Gasteiger partial charge in [-0.15, -0.1) is 0 Å². The van der Waals surface area contributed by atoms with Crippen LogP contribution in [0.1, 0.15) is 44.7 Å². The number of nitrogens with one attached hydrogen (secondary N) is 2. The number of aromatic nitrogens is 2. The van der Waals surface area contributed by atoms with Gasteiger partial charge in [0.25, 0.3) is 0 Å². The van der Waals surface area contributed by atoms with Gasteiger partial charge in [-0.3, -0.25) is 14.7 Å². The third-order valence-electron chi connectivity index (χ3n) is 6.42. The van der Waals surface area contributed by atoms with E-state index in [-0.39, 0.29) is 11.3 Å². The van der Waals surface area contributed by atoms with Crippen LogP contribution < -0.4 is 10.1 Å². The van der Waals surface area contributed by atoms with E-state index >= 15 is 0 Å². The van der Waals surface area contributed by atoms with Crippen molar-refractivity contribution in [3.05, 3.63) is 58.8 Å². The molecule has 1 unspecified atom stereocenters. The topological polar surface area (TPSA) is 84.1 Å². The highest BCUT2D eigenvalue weighted by molar-refractivity contribution is 6.19. The van der Waals surface area contributed by atoms with Crippen LogP contribution >= 0.6 is 0 Å². The van der Waals surface area contributed by atoms with E-state index in [1.807, 2.05) is 6.92 Å². The normalized spacial score (nSPS) is 20.2. The van der Waals surface area contributed by atoms with Gasteiger partial charge in [0.05, 0.1) is 22.8 Å². The lowest BCUT2D eigenvalue weighted by atomic mass is 9.70. The van der Waals surface area contributed by atoms with Crippen LogP contribution in [0.15, 0.2) is 36.5 Å². The number of piperidine rings is 1. The molecule has 9 heteroatoms. The number of hydrogen-bond donors (Lipinski definition) is 2. The van der Waals surface area contributed by atoms with Crippen molar-refractivity contribution in [3.63, 3.8) is 0 Å². The van der Waals surface area contributed by atoms with Gasteiger partial charge >= 0.3 is 6.18 Å². The highest BCUT2D eigenvalue weighted by Gasteiger charge is 2.54. The van der Waals surface area contributed by atoms with Crippen molar-refractivity contribution in [2.45, 2.75) is 31.5 Å². The second-order valence-electron chi connectivity index (χ2n) is 8.41. The van der Waals surface area contributed by atoms with Crippen LogP contribution in [0, 0.1) is 12.8 Å². The molecule has 1 aromatic heterocycles. The number of ketones is 2. The molecule has 0 bridgehead atoms. The molecule has 0 saturated carbocycles. The van der Waals surface area contributed by atoms with Crippen molar-refractivity contribution < 1.29 is 27.5 Å².